The summed E-state index contributed by atoms with van der Waals surface area (Å²) < 4.78 is 1.51. The zero-order chi connectivity index (χ0) is 5.98. The van der Waals surface area contributed by atoms with Crippen LogP contribution in [0.5, 0.6) is 0 Å². The Morgan fingerprint density at radius 2 is 1.60 bits per heavy atom. The van der Waals surface area contributed by atoms with Gasteiger partial charge in [-0.3, -0.25) is 0 Å². The molecular formula is C7H11AlBr2. The lowest BCUT2D eigenvalue weighted by Crippen LogP contribution is -2.04. The molecule has 0 aromatic heterocycles. The zero-order valence-corrected chi connectivity index (χ0v) is 11.6. The summed E-state index contributed by atoms with van der Waals surface area (Å²) in [7, 11) is 0. The second-order valence-electron chi connectivity index (χ2n) is 2.08. The van der Waals surface area contributed by atoms with E-state index >= 15 is 0 Å². The van der Waals surface area contributed by atoms with Crippen molar-refractivity contribution >= 4 is 54.7 Å². The minimum atomic E-state index is 0. The number of rotatable bonds is 0. The van der Waals surface area contributed by atoms with Crippen molar-refractivity contribution in [3.8, 4) is 0 Å². The van der Waals surface area contributed by atoms with Gasteiger partial charge < -0.3 is 0 Å². The highest BCUT2D eigenvalue weighted by Crippen LogP contribution is 1.88. The molecule has 0 saturated carbocycles. The Hall–Kier alpha value is 0.712. The lowest BCUT2D eigenvalue weighted by molar-refractivity contribution is 1.52. The van der Waals surface area contributed by atoms with Gasteiger partial charge in [-0.1, -0.05) is 29.8 Å². The highest BCUT2D eigenvalue weighted by molar-refractivity contribution is 8.93. The molecule has 0 saturated heterocycles. The summed E-state index contributed by atoms with van der Waals surface area (Å²) in [6, 6.07) is 8.51. The van der Waals surface area contributed by atoms with E-state index in [-0.39, 0.29) is 34.0 Å². The highest BCUT2D eigenvalue weighted by atomic mass is 79.9. The first kappa shape index (κ1) is 13.3. The lowest BCUT2D eigenvalue weighted by atomic mass is 10.2. The Balaban J connectivity index is 0. The van der Waals surface area contributed by atoms with Crippen LogP contribution in [0.2, 0.25) is 0 Å². The molecule has 1 rings (SSSR count). The van der Waals surface area contributed by atoms with Gasteiger partial charge in [-0.05, 0) is 6.92 Å². The summed E-state index contributed by atoms with van der Waals surface area (Å²) in [6.45, 7) is 2.16. The van der Waals surface area contributed by atoms with Crippen molar-refractivity contribution < 1.29 is 0 Å². The molecule has 1 aromatic carbocycles. The van der Waals surface area contributed by atoms with Crippen LogP contribution < -0.4 is 4.43 Å². The van der Waals surface area contributed by atoms with Crippen LogP contribution in [0.4, 0.5) is 0 Å². The summed E-state index contributed by atoms with van der Waals surface area (Å²) in [4.78, 5) is 0. The Morgan fingerprint density at radius 3 is 1.90 bits per heavy atom. The SMILES string of the molecule is Br.Br.Cc1cccc[c]1[AlH2]. The largest absolute Gasteiger partial charge is 0.259 e. The molecule has 3 heteroatoms. The molecular weight excluding hydrogens is 271 g/mol. The maximum Gasteiger partial charge on any atom is 0.259 e. The second kappa shape index (κ2) is 6.42. The molecule has 0 aliphatic heterocycles. The number of hydrogen-bond donors (Lipinski definition) is 0. The maximum atomic E-state index is 2.18. The predicted octanol–water partition coefficient (Wildman–Crippen LogP) is 1.41. The van der Waals surface area contributed by atoms with Crippen molar-refractivity contribution in [2.75, 3.05) is 0 Å². The van der Waals surface area contributed by atoms with Crippen LogP contribution in [-0.4, -0.2) is 16.3 Å². The number of hydrogen-bond acceptors (Lipinski definition) is 0. The fourth-order valence-corrected chi connectivity index (χ4v) is 1.02. The molecule has 0 amide bonds. The molecule has 0 N–H and O–H groups in total. The average molecular weight is 282 g/mol. The minimum Gasteiger partial charge on any atom is -0.118 e. The molecule has 56 valence electrons. The summed E-state index contributed by atoms with van der Waals surface area (Å²) in [5.41, 5.74) is 1.43. The van der Waals surface area contributed by atoms with Crippen molar-refractivity contribution in [2.45, 2.75) is 6.92 Å². The molecule has 0 spiro atoms. The number of halogens is 2. The lowest BCUT2D eigenvalue weighted by Gasteiger charge is -1.94. The summed E-state index contributed by atoms with van der Waals surface area (Å²) in [5, 5.41) is 0. The molecule has 0 aliphatic carbocycles. The van der Waals surface area contributed by atoms with Gasteiger partial charge in [0.05, 0.1) is 0 Å². The first-order chi connectivity index (χ1) is 3.80. The van der Waals surface area contributed by atoms with Gasteiger partial charge in [0.2, 0.25) is 0 Å². The first-order valence-electron chi connectivity index (χ1n) is 2.83. The van der Waals surface area contributed by atoms with E-state index in [1.807, 2.05) is 0 Å². The van der Waals surface area contributed by atoms with Crippen LogP contribution in [0, 0.1) is 6.92 Å². The molecule has 1 aromatic rings. The standard InChI is InChI=1S/C7H7.Al.2BrH.2H/c1-7-5-3-2-4-6-7;;;;;/h2-5H,1H3;;2*1H;;. The van der Waals surface area contributed by atoms with Crippen molar-refractivity contribution in [1.29, 1.82) is 0 Å². The highest BCUT2D eigenvalue weighted by Gasteiger charge is 1.84. The van der Waals surface area contributed by atoms with Crippen LogP contribution in [0.25, 0.3) is 0 Å². The number of aryl methyl sites for hydroxylation is 1. The number of benzene rings is 1. The Morgan fingerprint density at radius 1 is 1.10 bits per heavy atom. The van der Waals surface area contributed by atoms with E-state index in [2.05, 4.69) is 31.2 Å². The van der Waals surface area contributed by atoms with E-state index in [1.165, 1.54) is 26.3 Å². The Kier molecular flexibility index (Phi) is 8.55. The van der Waals surface area contributed by atoms with Gasteiger partial charge in [0.1, 0.15) is 0 Å². The molecule has 0 unspecified atom stereocenters. The Bertz CT molecular complexity index is 168. The van der Waals surface area contributed by atoms with E-state index in [0.29, 0.717) is 0 Å². The molecule has 0 fully saturated rings. The summed E-state index contributed by atoms with van der Waals surface area (Å²) >= 11 is 1.18. The van der Waals surface area contributed by atoms with Crippen molar-refractivity contribution in [3.05, 3.63) is 29.8 Å². The predicted molar refractivity (Wildman–Crippen MR) is 60.0 cm³/mol. The van der Waals surface area contributed by atoms with E-state index in [1.54, 1.807) is 0 Å². The fraction of sp³-hybridized carbons (Fsp3) is 0.143. The summed E-state index contributed by atoms with van der Waals surface area (Å²) in [5.74, 6) is 0. The van der Waals surface area contributed by atoms with Gasteiger partial charge >= 0.3 is 0 Å². The smallest absolute Gasteiger partial charge is 0.118 e. The molecule has 10 heavy (non-hydrogen) atoms. The van der Waals surface area contributed by atoms with Crippen LogP contribution in [-0.2, 0) is 0 Å². The molecule has 0 atom stereocenters. The van der Waals surface area contributed by atoms with Gasteiger partial charge in [0.15, 0.2) is 0 Å². The van der Waals surface area contributed by atoms with Crippen molar-refractivity contribution in [1.82, 2.24) is 0 Å². The van der Waals surface area contributed by atoms with Gasteiger partial charge in [-0.25, -0.2) is 0 Å². The van der Waals surface area contributed by atoms with Crippen molar-refractivity contribution in [3.63, 3.8) is 0 Å². The van der Waals surface area contributed by atoms with Crippen LogP contribution in [0.1, 0.15) is 5.56 Å². The van der Waals surface area contributed by atoms with Crippen LogP contribution in [0.3, 0.4) is 0 Å². The van der Waals surface area contributed by atoms with Crippen LogP contribution in [0.15, 0.2) is 24.3 Å². The summed E-state index contributed by atoms with van der Waals surface area (Å²) in [6.07, 6.45) is 0. The average Bonchev–Trinajstić information content (AvgIpc) is 1.77. The fourth-order valence-electron chi connectivity index (χ4n) is 0.663. The molecule has 0 radical (unpaired) electrons. The zero-order valence-electron chi connectivity index (χ0n) is 6.13. The molecule has 0 nitrogen and oxygen atoms in total. The maximum absolute atomic E-state index is 2.18. The Labute approximate surface area is 91.0 Å². The third-order valence-electron chi connectivity index (χ3n) is 1.43. The topological polar surface area (TPSA) is 0 Å². The van der Waals surface area contributed by atoms with Gasteiger partial charge in [0, 0.05) is 0 Å². The quantitative estimate of drug-likeness (QED) is 0.631. The van der Waals surface area contributed by atoms with Crippen LogP contribution >= 0.6 is 34.0 Å². The molecule has 0 aliphatic rings. The van der Waals surface area contributed by atoms with Gasteiger partial charge in [-0.2, -0.15) is 0 Å². The van der Waals surface area contributed by atoms with E-state index in [0.717, 1.165) is 0 Å². The van der Waals surface area contributed by atoms with E-state index in [4.69, 9.17) is 0 Å². The van der Waals surface area contributed by atoms with E-state index in [9.17, 15) is 0 Å². The third-order valence-corrected chi connectivity index (χ3v) is 2.55. The van der Waals surface area contributed by atoms with E-state index < -0.39 is 0 Å². The van der Waals surface area contributed by atoms with Crippen molar-refractivity contribution in [2.24, 2.45) is 0 Å². The monoisotopic (exact) mass is 280 g/mol. The normalized spacial score (nSPS) is 7.30. The second-order valence-corrected chi connectivity index (χ2v) is 3.16. The van der Waals surface area contributed by atoms with Gasteiger partial charge in [-0.15, -0.1) is 38.4 Å². The third kappa shape index (κ3) is 3.78. The molecule has 0 bridgehead atoms. The first-order valence-corrected chi connectivity index (χ1v) is 3.83. The molecule has 0 heterocycles. The minimum absolute atomic E-state index is 0. The van der Waals surface area contributed by atoms with Gasteiger partial charge in [0.25, 0.3) is 16.3 Å².